The molecule has 0 amide bonds. The number of rotatable bonds is 2. The summed E-state index contributed by atoms with van der Waals surface area (Å²) in [7, 11) is 1.85. The van der Waals surface area contributed by atoms with E-state index in [4.69, 9.17) is 0 Å². The fourth-order valence-electron chi connectivity index (χ4n) is 1.60. The van der Waals surface area contributed by atoms with E-state index in [0.29, 0.717) is 0 Å². The van der Waals surface area contributed by atoms with Gasteiger partial charge in [-0.2, -0.15) is 0 Å². The molecule has 0 saturated carbocycles. The summed E-state index contributed by atoms with van der Waals surface area (Å²) in [6, 6.07) is 5.70. The van der Waals surface area contributed by atoms with Crippen LogP contribution in [0.2, 0.25) is 0 Å². The first-order valence-corrected chi connectivity index (χ1v) is 5.21. The Kier molecular flexibility index (Phi) is 3.02. The molecule has 0 aliphatic heterocycles. The summed E-state index contributed by atoms with van der Waals surface area (Å²) >= 11 is 0. The van der Waals surface area contributed by atoms with Gasteiger partial charge in [0.15, 0.2) is 0 Å². The van der Waals surface area contributed by atoms with Crippen molar-refractivity contribution in [1.82, 2.24) is 9.55 Å². The first kappa shape index (κ1) is 12.5. The predicted molar refractivity (Wildman–Crippen MR) is 60.1 cm³/mol. The van der Waals surface area contributed by atoms with Gasteiger partial charge in [-0.25, -0.2) is 4.98 Å². The first-order valence-electron chi connectivity index (χ1n) is 5.21. The summed E-state index contributed by atoms with van der Waals surface area (Å²) < 4.78 is 41.7. The molecule has 0 bridgehead atoms. The van der Waals surface area contributed by atoms with Crippen LogP contribution in [0.15, 0.2) is 30.5 Å². The number of aromatic nitrogens is 2. The lowest BCUT2D eigenvalue weighted by molar-refractivity contribution is -0.274. The number of hydrogen-bond acceptors (Lipinski definition) is 2. The lowest BCUT2D eigenvalue weighted by Gasteiger charge is -2.09. The minimum atomic E-state index is -4.66. The second kappa shape index (κ2) is 4.36. The van der Waals surface area contributed by atoms with E-state index < -0.39 is 6.36 Å². The van der Waals surface area contributed by atoms with E-state index in [-0.39, 0.29) is 5.75 Å². The van der Waals surface area contributed by atoms with Gasteiger partial charge >= 0.3 is 6.36 Å². The Morgan fingerprint density at radius 3 is 2.22 bits per heavy atom. The van der Waals surface area contributed by atoms with E-state index in [1.54, 1.807) is 18.3 Å². The quantitative estimate of drug-likeness (QED) is 0.824. The molecule has 18 heavy (non-hydrogen) atoms. The van der Waals surface area contributed by atoms with Crippen molar-refractivity contribution in [3.63, 3.8) is 0 Å². The Labute approximate surface area is 102 Å². The summed E-state index contributed by atoms with van der Waals surface area (Å²) in [6.07, 6.45) is -2.99. The summed E-state index contributed by atoms with van der Waals surface area (Å²) in [6.45, 7) is 1.85. The monoisotopic (exact) mass is 256 g/mol. The molecular formula is C12H11F3N2O. The maximum atomic E-state index is 12.0. The second-order valence-corrected chi connectivity index (χ2v) is 3.82. The largest absolute Gasteiger partial charge is 0.573 e. The van der Waals surface area contributed by atoms with Crippen molar-refractivity contribution in [1.29, 1.82) is 0 Å². The highest BCUT2D eigenvalue weighted by Gasteiger charge is 2.30. The van der Waals surface area contributed by atoms with Crippen molar-refractivity contribution in [2.75, 3.05) is 0 Å². The third-order valence-electron chi connectivity index (χ3n) is 2.60. The SMILES string of the molecule is Cc1ncc(-c2ccc(OC(F)(F)F)cc2)n1C. The molecule has 1 aromatic carbocycles. The smallest absolute Gasteiger partial charge is 0.406 e. The van der Waals surface area contributed by atoms with Crippen molar-refractivity contribution in [3.05, 3.63) is 36.3 Å². The van der Waals surface area contributed by atoms with Gasteiger partial charge in [0.25, 0.3) is 0 Å². The van der Waals surface area contributed by atoms with Crippen LogP contribution in [0, 0.1) is 6.92 Å². The fraction of sp³-hybridized carbons (Fsp3) is 0.250. The van der Waals surface area contributed by atoms with E-state index in [1.807, 2.05) is 18.5 Å². The average Bonchev–Trinajstić information content (AvgIpc) is 2.59. The number of hydrogen-bond donors (Lipinski definition) is 0. The summed E-state index contributed by atoms with van der Waals surface area (Å²) in [5, 5.41) is 0. The standard InChI is InChI=1S/C12H11F3N2O/c1-8-16-7-11(17(8)2)9-3-5-10(6-4-9)18-12(13,14)15/h3-7H,1-2H3. The molecule has 0 aliphatic carbocycles. The highest BCUT2D eigenvalue weighted by molar-refractivity contribution is 5.60. The van der Waals surface area contributed by atoms with Crippen LogP contribution in [0.1, 0.15) is 5.82 Å². The summed E-state index contributed by atoms with van der Waals surface area (Å²) in [5.41, 5.74) is 1.62. The van der Waals surface area contributed by atoms with Gasteiger partial charge in [-0.1, -0.05) is 0 Å². The first-order chi connectivity index (χ1) is 8.37. The molecule has 2 rings (SSSR count). The predicted octanol–water partition coefficient (Wildman–Crippen LogP) is 3.29. The number of aryl methyl sites for hydroxylation is 1. The van der Waals surface area contributed by atoms with Gasteiger partial charge < -0.3 is 9.30 Å². The van der Waals surface area contributed by atoms with E-state index in [1.165, 1.54) is 12.1 Å². The van der Waals surface area contributed by atoms with Gasteiger partial charge in [0, 0.05) is 12.6 Å². The van der Waals surface area contributed by atoms with Crippen LogP contribution in [-0.2, 0) is 7.05 Å². The zero-order chi connectivity index (χ0) is 13.3. The zero-order valence-corrected chi connectivity index (χ0v) is 9.82. The van der Waals surface area contributed by atoms with E-state index >= 15 is 0 Å². The van der Waals surface area contributed by atoms with Crippen LogP contribution in [0.25, 0.3) is 11.3 Å². The minimum Gasteiger partial charge on any atom is -0.406 e. The maximum Gasteiger partial charge on any atom is 0.573 e. The van der Waals surface area contributed by atoms with Crippen LogP contribution < -0.4 is 4.74 Å². The summed E-state index contributed by atoms with van der Waals surface area (Å²) in [5.74, 6) is 0.603. The molecule has 6 heteroatoms. The number of ether oxygens (including phenoxy) is 1. The minimum absolute atomic E-state index is 0.231. The molecule has 2 aromatic rings. The highest BCUT2D eigenvalue weighted by Crippen LogP contribution is 2.26. The molecule has 0 radical (unpaired) electrons. The molecule has 0 spiro atoms. The summed E-state index contributed by atoms with van der Waals surface area (Å²) in [4.78, 5) is 4.13. The lowest BCUT2D eigenvalue weighted by Crippen LogP contribution is -2.16. The number of alkyl halides is 3. The Bertz CT molecular complexity index is 543. The van der Waals surface area contributed by atoms with Crippen molar-refractivity contribution in [2.24, 2.45) is 7.05 Å². The van der Waals surface area contributed by atoms with E-state index in [2.05, 4.69) is 9.72 Å². The molecule has 1 heterocycles. The van der Waals surface area contributed by atoms with Crippen molar-refractivity contribution < 1.29 is 17.9 Å². The number of benzene rings is 1. The van der Waals surface area contributed by atoms with Gasteiger partial charge in [-0.05, 0) is 31.2 Å². The molecule has 0 unspecified atom stereocenters. The molecule has 3 nitrogen and oxygen atoms in total. The molecule has 0 atom stereocenters. The van der Waals surface area contributed by atoms with Gasteiger partial charge in [-0.3, -0.25) is 0 Å². The van der Waals surface area contributed by atoms with Gasteiger partial charge in [0.05, 0.1) is 11.9 Å². The number of imidazole rings is 1. The Morgan fingerprint density at radius 2 is 1.78 bits per heavy atom. The molecule has 0 aliphatic rings. The third-order valence-corrected chi connectivity index (χ3v) is 2.60. The van der Waals surface area contributed by atoms with Gasteiger partial charge in [0.2, 0.25) is 0 Å². The Hall–Kier alpha value is -1.98. The van der Waals surface area contributed by atoms with Crippen LogP contribution in [-0.4, -0.2) is 15.9 Å². The van der Waals surface area contributed by atoms with Gasteiger partial charge in [-0.15, -0.1) is 13.2 Å². The highest BCUT2D eigenvalue weighted by atomic mass is 19.4. The Balaban J connectivity index is 2.25. The topological polar surface area (TPSA) is 27.1 Å². The number of halogens is 3. The number of nitrogens with zero attached hydrogens (tertiary/aromatic N) is 2. The van der Waals surface area contributed by atoms with Crippen LogP contribution in [0.4, 0.5) is 13.2 Å². The molecule has 0 saturated heterocycles. The maximum absolute atomic E-state index is 12.0. The van der Waals surface area contributed by atoms with Crippen LogP contribution in [0.3, 0.4) is 0 Å². The molecule has 0 N–H and O–H groups in total. The van der Waals surface area contributed by atoms with Crippen molar-refractivity contribution >= 4 is 0 Å². The molecule has 1 aromatic heterocycles. The molecule has 0 fully saturated rings. The normalized spacial score (nSPS) is 11.6. The van der Waals surface area contributed by atoms with Crippen molar-refractivity contribution in [2.45, 2.75) is 13.3 Å². The molecular weight excluding hydrogens is 245 g/mol. The van der Waals surface area contributed by atoms with E-state index in [9.17, 15) is 13.2 Å². The molecule has 96 valence electrons. The van der Waals surface area contributed by atoms with E-state index in [0.717, 1.165) is 17.1 Å². The zero-order valence-electron chi connectivity index (χ0n) is 9.82. The average molecular weight is 256 g/mol. The Morgan fingerprint density at radius 1 is 1.17 bits per heavy atom. The van der Waals surface area contributed by atoms with Crippen molar-refractivity contribution in [3.8, 4) is 17.0 Å². The van der Waals surface area contributed by atoms with Crippen LogP contribution >= 0.6 is 0 Å². The van der Waals surface area contributed by atoms with Gasteiger partial charge in [0.1, 0.15) is 11.6 Å². The van der Waals surface area contributed by atoms with Crippen LogP contribution in [0.5, 0.6) is 5.75 Å². The lowest BCUT2D eigenvalue weighted by atomic mass is 10.1. The second-order valence-electron chi connectivity index (χ2n) is 3.82. The fourth-order valence-corrected chi connectivity index (χ4v) is 1.60. The third kappa shape index (κ3) is 2.64.